The Kier molecular flexibility index (Phi) is 12.5. The predicted octanol–water partition coefficient (Wildman–Crippen LogP) is -4.64. The Bertz CT molecular complexity index is 714. The van der Waals surface area contributed by atoms with Gasteiger partial charge in [0, 0.05) is 12.8 Å². The zero-order valence-corrected chi connectivity index (χ0v) is 17.3. The summed E-state index contributed by atoms with van der Waals surface area (Å²) in [5.74, 6) is -6.66. The minimum absolute atomic E-state index is 0.125. The van der Waals surface area contributed by atoms with Crippen LogP contribution < -0.4 is 27.4 Å². The van der Waals surface area contributed by atoms with E-state index in [0.29, 0.717) is 0 Å². The van der Waals surface area contributed by atoms with Gasteiger partial charge >= 0.3 is 11.9 Å². The molecule has 32 heavy (non-hydrogen) atoms. The van der Waals surface area contributed by atoms with Gasteiger partial charge in [-0.2, -0.15) is 0 Å². The summed E-state index contributed by atoms with van der Waals surface area (Å²) >= 11 is 0. The van der Waals surface area contributed by atoms with Crippen LogP contribution in [-0.2, 0) is 28.8 Å². The van der Waals surface area contributed by atoms with Gasteiger partial charge in [0.05, 0.1) is 18.8 Å². The molecule has 11 N–H and O–H groups in total. The van der Waals surface area contributed by atoms with Crippen LogP contribution in [0.4, 0.5) is 0 Å². The Morgan fingerprint density at radius 1 is 0.844 bits per heavy atom. The molecule has 0 aliphatic carbocycles. The van der Waals surface area contributed by atoms with Gasteiger partial charge in [-0.15, -0.1) is 0 Å². The standard InChI is InChI=1S/C17H29N5O10/c1-7(24)13(17(31)32)22-15(29)9(3-5-12(26)27)20-16(30)10(6-23)21-14(28)8(18)2-4-11(19)25/h7-10,13,23-24H,2-6,18H2,1H3,(H2,19,25)(H,20,30)(H,21,28)(H,22,29)(H,26,27)(H,31,32). The molecule has 4 amide bonds. The summed E-state index contributed by atoms with van der Waals surface area (Å²) in [6, 6.07) is -6.11. The van der Waals surface area contributed by atoms with E-state index < -0.39 is 85.3 Å². The molecule has 0 aromatic rings. The molecule has 0 aromatic carbocycles. The lowest BCUT2D eigenvalue weighted by Crippen LogP contribution is -2.59. The number of nitrogens with one attached hydrogen (secondary N) is 3. The molecule has 0 aromatic heterocycles. The molecule has 0 fully saturated rings. The van der Waals surface area contributed by atoms with E-state index in [4.69, 9.17) is 21.7 Å². The van der Waals surface area contributed by atoms with E-state index in [1.165, 1.54) is 0 Å². The quantitative estimate of drug-likeness (QED) is 0.111. The third kappa shape index (κ3) is 10.6. The van der Waals surface area contributed by atoms with Crippen LogP contribution in [0, 0.1) is 0 Å². The average molecular weight is 463 g/mol. The molecule has 15 heteroatoms. The van der Waals surface area contributed by atoms with Gasteiger partial charge in [0.2, 0.25) is 23.6 Å². The van der Waals surface area contributed by atoms with Crippen molar-refractivity contribution in [1.82, 2.24) is 16.0 Å². The number of carbonyl (C=O) groups excluding carboxylic acids is 4. The van der Waals surface area contributed by atoms with Gasteiger partial charge in [-0.3, -0.25) is 24.0 Å². The van der Waals surface area contributed by atoms with Gasteiger partial charge in [-0.1, -0.05) is 0 Å². The number of aliphatic carboxylic acids is 2. The van der Waals surface area contributed by atoms with Gasteiger partial charge in [-0.25, -0.2) is 4.79 Å². The molecular formula is C17H29N5O10. The molecule has 0 rings (SSSR count). The first kappa shape index (κ1) is 28.7. The van der Waals surface area contributed by atoms with Crippen molar-refractivity contribution in [3.63, 3.8) is 0 Å². The first-order chi connectivity index (χ1) is 14.8. The SMILES string of the molecule is CC(O)C(NC(=O)C(CCC(=O)O)NC(=O)C(CO)NC(=O)C(N)CCC(N)=O)C(=O)O. The van der Waals surface area contributed by atoms with Crippen LogP contribution in [0.3, 0.4) is 0 Å². The highest BCUT2D eigenvalue weighted by Gasteiger charge is 2.32. The van der Waals surface area contributed by atoms with Crippen molar-refractivity contribution >= 4 is 35.6 Å². The highest BCUT2D eigenvalue weighted by Crippen LogP contribution is 2.03. The zero-order chi connectivity index (χ0) is 25.0. The van der Waals surface area contributed by atoms with Crippen molar-refractivity contribution in [2.75, 3.05) is 6.61 Å². The fourth-order valence-electron chi connectivity index (χ4n) is 2.35. The molecule has 15 nitrogen and oxygen atoms in total. The average Bonchev–Trinajstić information content (AvgIpc) is 2.69. The minimum atomic E-state index is -1.73. The van der Waals surface area contributed by atoms with Gasteiger partial charge in [-0.05, 0) is 19.8 Å². The largest absolute Gasteiger partial charge is 0.481 e. The van der Waals surface area contributed by atoms with Crippen LogP contribution >= 0.6 is 0 Å². The summed E-state index contributed by atoms with van der Waals surface area (Å²) in [5.41, 5.74) is 10.5. The van der Waals surface area contributed by atoms with E-state index in [-0.39, 0.29) is 12.8 Å². The summed E-state index contributed by atoms with van der Waals surface area (Å²) < 4.78 is 0. The number of hydrogen-bond acceptors (Lipinski definition) is 9. The fourth-order valence-corrected chi connectivity index (χ4v) is 2.35. The lowest BCUT2D eigenvalue weighted by atomic mass is 10.1. The Morgan fingerprint density at radius 2 is 1.38 bits per heavy atom. The normalized spacial score (nSPS) is 15.4. The van der Waals surface area contributed by atoms with E-state index in [1.807, 2.05) is 5.32 Å². The van der Waals surface area contributed by atoms with Crippen molar-refractivity contribution in [3.8, 4) is 0 Å². The van der Waals surface area contributed by atoms with Crippen LogP contribution in [0.25, 0.3) is 0 Å². The molecule has 5 unspecified atom stereocenters. The monoisotopic (exact) mass is 463 g/mol. The summed E-state index contributed by atoms with van der Waals surface area (Å²) in [7, 11) is 0. The van der Waals surface area contributed by atoms with Crippen molar-refractivity contribution in [1.29, 1.82) is 0 Å². The third-order valence-electron chi connectivity index (χ3n) is 4.18. The maximum atomic E-state index is 12.4. The lowest BCUT2D eigenvalue weighted by Gasteiger charge is -2.24. The molecule has 0 radical (unpaired) electrons. The second kappa shape index (κ2) is 13.9. The highest BCUT2D eigenvalue weighted by molar-refractivity contribution is 5.94. The van der Waals surface area contributed by atoms with Crippen LogP contribution in [0.1, 0.15) is 32.6 Å². The van der Waals surface area contributed by atoms with Gasteiger partial charge in [0.15, 0.2) is 6.04 Å². The molecule has 182 valence electrons. The number of primary amides is 1. The van der Waals surface area contributed by atoms with Crippen molar-refractivity contribution in [2.24, 2.45) is 11.5 Å². The number of carboxylic acid groups (broad SMARTS) is 2. The van der Waals surface area contributed by atoms with Crippen LogP contribution in [0.2, 0.25) is 0 Å². The molecule has 0 heterocycles. The van der Waals surface area contributed by atoms with Crippen LogP contribution in [-0.4, -0.2) is 92.9 Å². The van der Waals surface area contributed by atoms with Crippen molar-refractivity contribution < 1.29 is 49.2 Å². The van der Waals surface area contributed by atoms with Gasteiger partial charge < -0.3 is 47.8 Å². The number of aliphatic hydroxyl groups excluding tert-OH is 2. The topological polar surface area (TPSA) is 271 Å². The van der Waals surface area contributed by atoms with Crippen LogP contribution in [0.15, 0.2) is 0 Å². The number of nitrogens with two attached hydrogens (primary N) is 2. The van der Waals surface area contributed by atoms with E-state index in [0.717, 1.165) is 6.92 Å². The number of aliphatic hydroxyl groups is 2. The third-order valence-corrected chi connectivity index (χ3v) is 4.18. The van der Waals surface area contributed by atoms with Crippen molar-refractivity contribution in [3.05, 3.63) is 0 Å². The first-order valence-electron chi connectivity index (χ1n) is 9.48. The van der Waals surface area contributed by atoms with E-state index in [9.17, 15) is 39.0 Å². The van der Waals surface area contributed by atoms with Gasteiger partial charge in [0.1, 0.15) is 12.1 Å². The molecule has 5 atom stereocenters. The van der Waals surface area contributed by atoms with E-state index >= 15 is 0 Å². The van der Waals surface area contributed by atoms with Gasteiger partial charge in [0.25, 0.3) is 0 Å². The van der Waals surface area contributed by atoms with Crippen LogP contribution in [0.5, 0.6) is 0 Å². The number of rotatable bonds is 15. The molecule has 0 spiro atoms. The summed E-state index contributed by atoms with van der Waals surface area (Å²) in [6.45, 7) is 0.182. The van der Waals surface area contributed by atoms with E-state index in [1.54, 1.807) is 0 Å². The fraction of sp³-hybridized carbons (Fsp3) is 0.647. The number of amides is 4. The maximum absolute atomic E-state index is 12.4. The Labute approximate surface area is 182 Å². The molecule has 0 saturated heterocycles. The Morgan fingerprint density at radius 3 is 1.81 bits per heavy atom. The number of carboxylic acids is 2. The van der Waals surface area contributed by atoms with Crippen molar-refractivity contribution in [2.45, 2.75) is 62.9 Å². The minimum Gasteiger partial charge on any atom is -0.481 e. The molecule has 0 aliphatic heterocycles. The first-order valence-corrected chi connectivity index (χ1v) is 9.48. The highest BCUT2D eigenvalue weighted by atomic mass is 16.4. The Hall–Kier alpha value is -3.30. The zero-order valence-electron chi connectivity index (χ0n) is 17.3. The summed E-state index contributed by atoms with van der Waals surface area (Å²) in [4.78, 5) is 69.6. The lowest BCUT2D eigenvalue weighted by molar-refractivity contribution is -0.145. The van der Waals surface area contributed by atoms with E-state index in [2.05, 4.69) is 10.6 Å². The smallest absolute Gasteiger partial charge is 0.328 e. The Balaban J connectivity index is 5.28. The predicted molar refractivity (Wildman–Crippen MR) is 105 cm³/mol. The molecule has 0 saturated carbocycles. The second-order valence-corrected chi connectivity index (χ2v) is 6.91. The number of hydrogen-bond donors (Lipinski definition) is 9. The molecule has 0 bridgehead atoms. The molecular weight excluding hydrogens is 434 g/mol. The maximum Gasteiger partial charge on any atom is 0.328 e. The summed E-state index contributed by atoms with van der Waals surface area (Å²) in [6.07, 6.45) is -2.86. The summed E-state index contributed by atoms with van der Waals surface area (Å²) in [5, 5.41) is 43.0. The molecule has 0 aliphatic rings. The number of carbonyl (C=O) groups is 6. The second-order valence-electron chi connectivity index (χ2n) is 6.91.